The molecule has 0 saturated carbocycles. The molecule has 2 rings (SSSR count). The van der Waals surface area contributed by atoms with Crippen molar-refractivity contribution < 1.29 is 19.7 Å². The van der Waals surface area contributed by atoms with Crippen LogP contribution in [0.15, 0.2) is 17.1 Å². The number of carbonyl (C=O) groups excluding carboxylic acids is 1. The molecule has 8 heteroatoms. The van der Waals surface area contributed by atoms with Crippen molar-refractivity contribution in [1.82, 2.24) is 9.55 Å². The van der Waals surface area contributed by atoms with Gasteiger partial charge in [-0.2, -0.15) is 4.98 Å². The molecule has 0 aromatic carbocycles. The minimum absolute atomic E-state index is 0.187. The van der Waals surface area contributed by atoms with Gasteiger partial charge < -0.3 is 20.3 Å². The lowest BCUT2D eigenvalue weighted by atomic mass is 10.2. The van der Waals surface area contributed by atoms with Gasteiger partial charge in [-0.15, -0.1) is 0 Å². The van der Waals surface area contributed by atoms with Gasteiger partial charge in [-0.25, -0.2) is 4.79 Å². The van der Waals surface area contributed by atoms with Gasteiger partial charge in [0.05, 0.1) is 12.7 Å². The first-order valence-electron chi connectivity index (χ1n) is 6.88. The minimum Gasteiger partial charge on any atom is -0.394 e. The van der Waals surface area contributed by atoms with Crippen LogP contribution in [0.4, 0.5) is 5.82 Å². The normalized spacial score (nSPS) is 25.0. The highest BCUT2D eigenvalue weighted by atomic mass is 16.5. The Kier molecular flexibility index (Phi) is 5.05. The van der Waals surface area contributed by atoms with Crippen molar-refractivity contribution in [3.05, 3.63) is 22.7 Å². The van der Waals surface area contributed by atoms with Crippen LogP contribution in [-0.2, 0) is 9.53 Å². The standard InChI is InChI=1S/C13H19N3O5/c1-2-3-11(19)14-10-4-5-16(13(20)15-10)12-6-8(18)9(7-17)21-12/h4-5,8-9,12,17-18H,2-3,6-7H2,1H3,(H,14,15,19,20)/t8-,9+,12+/m0/s1. The van der Waals surface area contributed by atoms with Gasteiger partial charge in [0.25, 0.3) is 0 Å². The molecule has 21 heavy (non-hydrogen) atoms. The predicted octanol–water partition coefficient (Wildman–Crippen LogP) is -0.377. The van der Waals surface area contributed by atoms with Gasteiger partial charge in [0.2, 0.25) is 5.91 Å². The molecule has 1 aromatic rings. The summed E-state index contributed by atoms with van der Waals surface area (Å²) in [4.78, 5) is 27.2. The molecular weight excluding hydrogens is 278 g/mol. The van der Waals surface area contributed by atoms with E-state index in [1.54, 1.807) is 0 Å². The first-order chi connectivity index (χ1) is 10.0. The average Bonchev–Trinajstić information content (AvgIpc) is 2.80. The average molecular weight is 297 g/mol. The number of ether oxygens (including phenoxy) is 1. The summed E-state index contributed by atoms with van der Waals surface area (Å²) in [6.07, 6.45) is 0.530. The number of nitrogens with zero attached hydrogens (tertiary/aromatic N) is 2. The zero-order valence-corrected chi connectivity index (χ0v) is 11.7. The molecule has 3 atom stereocenters. The van der Waals surface area contributed by atoms with Gasteiger partial charge in [-0.1, -0.05) is 6.92 Å². The second kappa shape index (κ2) is 6.79. The van der Waals surface area contributed by atoms with Crippen molar-refractivity contribution in [2.24, 2.45) is 0 Å². The first kappa shape index (κ1) is 15.6. The van der Waals surface area contributed by atoms with Crippen LogP contribution in [0.2, 0.25) is 0 Å². The third kappa shape index (κ3) is 3.66. The van der Waals surface area contributed by atoms with E-state index in [9.17, 15) is 14.7 Å². The van der Waals surface area contributed by atoms with E-state index < -0.39 is 24.1 Å². The second-order valence-electron chi connectivity index (χ2n) is 4.92. The van der Waals surface area contributed by atoms with E-state index in [-0.39, 0.29) is 24.8 Å². The van der Waals surface area contributed by atoms with E-state index in [4.69, 9.17) is 9.84 Å². The monoisotopic (exact) mass is 297 g/mol. The highest BCUT2D eigenvalue weighted by Gasteiger charge is 2.34. The van der Waals surface area contributed by atoms with Crippen LogP contribution in [0.5, 0.6) is 0 Å². The fourth-order valence-corrected chi connectivity index (χ4v) is 2.18. The summed E-state index contributed by atoms with van der Waals surface area (Å²) in [6, 6.07) is 1.50. The molecule has 0 unspecified atom stereocenters. The molecule has 0 aliphatic carbocycles. The summed E-state index contributed by atoms with van der Waals surface area (Å²) in [6.45, 7) is 1.57. The number of aliphatic hydroxyl groups excluding tert-OH is 2. The van der Waals surface area contributed by atoms with Gasteiger partial charge >= 0.3 is 5.69 Å². The molecule has 2 heterocycles. The quantitative estimate of drug-likeness (QED) is 0.683. The Balaban J connectivity index is 2.10. The van der Waals surface area contributed by atoms with Crippen LogP contribution in [0, 0.1) is 0 Å². The van der Waals surface area contributed by atoms with Crippen molar-refractivity contribution in [2.45, 2.75) is 44.6 Å². The van der Waals surface area contributed by atoms with Crippen LogP contribution < -0.4 is 11.0 Å². The number of hydrogen-bond acceptors (Lipinski definition) is 6. The summed E-state index contributed by atoms with van der Waals surface area (Å²) < 4.78 is 6.62. The topological polar surface area (TPSA) is 114 Å². The lowest BCUT2D eigenvalue weighted by Crippen LogP contribution is -2.28. The Bertz CT molecular complexity index is 559. The van der Waals surface area contributed by atoms with Crippen LogP contribution in [0.1, 0.15) is 32.4 Å². The van der Waals surface area contributed by atoms with Crippen LogP contribution in [0.3, 0.4) is 0 Å². The Hall–Kier alpha value is -1.77. The van der Waals surface area contributed by atoms with E-state index in [0.29, 0.717) is 12.8 Å². The summed E-state index contributed by atoms with van der Waals surface area (Å²) in [7, 11) is 0. The molecule has 1 aliphatic rings. The SMILES string of the molecule is CCCC(=O)Nc1ccn([C@H]2C[C@H](O)[C@@H](CO)O2)c(=O)n1. The van der Waals surface area contributed by atoms with Crippen molar-refractivity contribution in [3.63, 3.8) is 0 Å². The molecule has 1 amide bonds. The number of anilines is 1. The molecule has 0 spiro atoms. The van der Waals surface area contributed by atoms with E-state index in [2.05, 4.69) is 10.3 Å². The van der Waals surface area contributed by atoms with Crippen molar-refractivity contribution in [2.75, 3.05) is 11.9 Å². The van der Waals surface area contributed by atoms with Gasteiger partial charge in [-0.3, -0.25) is 9.36 Å². The van der Waals surface area contributed by atoms with E-state index in [1.165, 1.54) is 16.8 Å². The molecule has 1 aliphatic heterocycles. The highest BCUT2D eigenvalue weighted by Crippen LogP contribution is 2.27. The lowest BCUT2D eigenvalue weighted by molar-refractivity contribution is -0.116. The molecule has 0 bridgehead atoms. The maximum absolute atomic E-state index is 11.9. The number of aliphatic hydroxyl groups is 2. The predicted molar refractivity (Wildman–Crippen MR) is 73.7 cm³/mol. The fraction of sp³-hybridized carbons (Fsp3) is 0.615. The maximum Gasteiger partial charge on any atom is 0.351 e. The van der Waals surface area contributed by atoms with Crippen LogP contribution >= 0.6 is 0 Å². The summed E-state index contributed by atoms with van der Waals surface area (Å²) in [5, 5.41) is 21.2. The largest absolute Gasteiger partial charge is 0.394 e. The number of carbonyl (C=O) groups is 1. The third-order valence-electron chi connectivity index (χ3n) is 3.27. The Morgan fingerprint density at radius 1 is 1.62 bits per heavy atom. The zero-order chi connectivity index (χ0) is 15.4. The van der Waals surface area contributed by atoms with E-state index >= 15 is 0 Å². The van der Waals surface area contributed by atoms with Crippen LogP contribution in [0.25, 0.3) is 0 Å². The van der Waals surface area contributed by atoms with E-state index in [0.717, 1.165) is 0 Å². The molecule has 0 radical (unpaired) electrons. The number of rotatable bonds is 5. The Morgan fingerprint density at radius 3 is 2.95 bits per heavy atom. The van der Waals surface area contributed by atoms with Crippen molar-refractivity contribution >= 4 is 11.7 Å². The van der Waals surface area contributed by atoms with Gasteiger partial charge in [0, 0.05) is 19.0 Å². The fourth-order valence-electron chi connectivity index (χ4n) is 2.18. The smallest absolute Gasteiger partial charge is 0.351 e. The van der Waals surface area contributed by atoms with Crippen molar-refractivity contribution in [1.29, 1.82) is 0 Å². The Labute approximate surface area is 121 Å². The maximum atomic E-state index is 11.9. The third-order valence-corrected chi connectivity index (χ3v) is 3.27. The van der Waals surface area contributed by atoms with Gasteiger partial charge in [0.1, 0.15) is 18.1 Å². The highest BCUT2D eigenvalue weighted by molar-refractivity contribution is 5.89. The zero-order valence-electron chi connectivity index (χ0n) is 11.7. The lowest BCUT2D eigenvalue weighted by Gasteiger charge is -2.14. The van der Waals surface area contributed by atoms with Crippen LogP contribution in [-0.4, -0.2) is 44.5 Å². The molecule has 116 valence electrons. The van der Waals surface area contributed by atoms with Gasteiger partial charge in [0.15, 0.2) is 0 Å². The number of amides is 1. The summed E-state index contributed by atoms with van der Waals surface area (Å²) in [5.74, 6) is -0.0120. The molecule has 1 aromatic heterocycles. The number of aromatic nitrogens is 2. The summed E-state index contributed by atoms with van der Waals surface area (Å²) >= 11 is 0. The number of nitrogens with one attached hydrogen (secondary N) is 1. The summed E-state index contributed by atoms with van der Waals surface area (Å²) in [5.41, 5.74) is -0.583. The molecule has 3 N–H and O–H groups in total. The first-order valence-corrected chi connectivity index (χ1v) is 6.88. The molecule has 1 fully saturated rings. The molecule has 8 nitrogen and oxygen atoms in total. The van der Waals surface area contributed by atoms with E-state index in [1.807, 2.05) is 6.92 Å². The van der Waals surface area contributed by atoms with Gasteiger partial charge in [-0.05, 0) is 12.5 Å². The minimum atomic E-state index is -0.823. The molecular formula is C13H19N3O5. The number of hydrogen-bond donors (Lipinski definition) is 3. The van der Waals surface area contributed by atoms with Crippen molar-refractivity contribution in [3.8, 4) is 0 Å². The Morgan fingerprint density at radius 2 is 2.38 bits per heavy atom. The second-order valence-corrected chi connectivity index (χ2v) is 4.92. The molecule has 1 saturated heterocycles.